The summed E-state index contributed by atoms with van der Waals surface area (Å²) in [5, 5.41) is 3.80. The Morgan fingerprint density at radius 3 is 2.48 bits per heavy atom. The van der Waals surface area contributed by atoms with Crippen LogP contribution in [-0.2, 0) is 4.74 Å². The molecule has 33 heavy (non-hydrogen) atoms. The maximum atomic E-state index is 12.3. The summed E-state index contributed by atoms with van der Waals surface area (Å²) in [7, 11) is 0. The van der Waals surface area contributed by atoms with Crippen molar-refractivity contribution in [2.24, 2.45) is 0 Å². The molecule has 1 fully saturated rings. The fraction of sp³-hybridized carbons (Fsp3) is 0.423. The van der Waals surface area contributed by atoms with E-state index in [4.69, 9.17) is 9.15 Å². The van der Waals surface area contributed by atoms with Gasteiger partial charge in [0.15, 0.2) is 5.58 Å². The van der Waals surface area contributed by atoms with Gasteiger partial charge >= 0.3 is 6.09 Å². The van der Waals surface area contributed by atoms with E-state index >= 15 is 0 Å². The molecule has 3 heterocycles. The van der Waals surface area contributed by atoms with E-state index < -0.39 is 5.60 Å². The van der Waals surface area contributed by atoms with E-state index in [1.807, 2.05) is 58.0 Å². The number of rotatable bonds is 4. The van der Waals surface area contributed by atoms with Crippen molar-refractivity contribution in [2.45, 2.75) is 52.1 Å². The number of nitrogens with zero attached hydrogens (tertiary/aromatic N) is 2. The van der Waals surface area contributed by atoms with Gasteiger partial charge in [-0.05, 0) is 64.8 Å². The quantitative estimate of drug-likeness (QED) is 0.580. The Balaban J connectivity index is 1.44. The summed E-state index contributed by atoms with van der Waals surface area (Å²) in [6, 6.07) is 11.5. The molecule has 0 atom stereocenters. The van der Waals surface area contributed by atoms with Crippen LogP contribution in [0.2, 0.25) is 0 Å². The normalized spacial score (nSPS) is 15.0. The minimum Gasteiger partial charge on any atom is -0.459 e. The number of hydrogen-bond donors (Lipinski definition) is 1. The van der Waals surface area contributed by atoms with Crippen LogP contribution in [0.15, 0.2) is 47.0 Å². The largest absolute Gasteiger partial charge is 0.459 e. The highest BCUT2D eigenvalue weighted by atomic mass is 16.6. The van der Waals surface area contributed by atoms with E-state index in [9.17, 15) is 9.59 Å². The van der Waals surface area contributed by atoms with Crippen LogP contribution in [-0.4, -0.2) is 47.1 Å². The van der Waals surface area contributed by atoms with Gasteiger partial charge in [0.2, 0.25) is 0 Å². The van der Waals surface area contributed by atoms with E-state index in [1.165, 1.54) is 0 Å². The van der Waals surface area contributed by atoms with E-state index in [1.54, 1.807) is 11.1 Å². The van der Waals surface area contributed by atoms with Gasteiger partial charge in [0, 0.05) is 42.1 Å². The van der Waals surface area contributed by atoms with Crippen LogP contribution < -0.4 is 5.32 Å². The van der Waals surface area contributed by atoms with Crippen LogP contribution in [0.5, 0.6) is 0 Å². The Labute approximate surface area is 194 Å². The highest BCUT2D eigenvalue weighted by Gasteiger charge is 2.29. The van der Waals surface area contributed by atoms with Crippen molar-refractivity contribution in [1.82, 2.24) is 15.2 Å². The lowest BCUT2D eigenvalue weighted by atomic mass is 9.94. The summed E-state index contributed by atoms with van der Waals surface area (Å²) >= 11 is 0. The van der Waals surface area contributed by atoms with Gasteiger partial charge in [0.05, 0.1) is 11.9 Å². The number of hydrogen-bond acceptors (Lipinski definition) is 5. The summed E-state index contributed by atoms with van der Waals surface area (Å²) in [6.45, 7) is 9.44. The molecular weight excluding hydrogens is 418 g/mol. The van der Waals surface area contributed by atoms with Crippen molar-refractivity contribution >= 4 is 23.0 Å². The van der Waals surface area contributed by atoms with Gasteiger partial charge in [-0.1, -0.05) is 12.1 Å². The Morgan fingerprint density at radius 1 is 1.15 bits per heavy atom. The SMILES string of the molecule is CCNC(=O)c1ccc(-c2cc3cc(C4CCN(C(=O)OC(C)(C)C)CC4)oc3cn2)cc1. The third-order valence-electron chi connectivity index (χ3n) is 5.75. The zero-order chi connectivity index (χ0) is 23.6. The van der Waals surface area contributed by atoms with Crippen LogP contribution >= 0.6 is 0 Å². The van der Waals surface area contributed by atoms with Gasteiger partial charge in [-0.2, -0.15) is 0 Å². The predicted molar refractivity (Wildman–Crippen MR) is 127 cm³/mol. The predicted octanol–water partition coefficient (Wildman–Crippen LogP) is 5.36. The van der Waals surface area contributed by atoms with E-state index in [2.05, 4.69) is 16.4 Å². The Morgan fingerprint density at radius 2 is 1.85 bits per heavy atom. The first-order chi connectivity index (χ1) is 15.7. The molecule has 0 spiro atoms. The van der Waals surface area contributed by atoms with Crippen molar-refractivity contribution in [3.8, 4) is 11.3 Å². The first-order valence-corrected chi connectivity index (χ1v) is 11.5. The van der Waals surface area contributed by atoms with E-state index in [0.29, 0.717) is 25.2 Å². The average Bonchev–Trinajstić information content (AvgIpc) is 3.22. The molecule has 0 radical (unpaired) electrons. The van der Waals surface area contributed by atoms with Crippen molar-refractivity contribution < 1.29 is 18.7 Å². The second-order valence-electron chi connectivity index (χ2n) is 9.43. The topological polar surface area (TPSA) is 84.7 Å². The molecule has 7 heteroatoms. The molecule has 0 saturated carbocycles. The maximum absolute atomic E-state index is 12.3. The fourth-order valence-electron chi connectivity index (χ4n) is 4.05. The number of piperidine rings is 1. The van der Waals surface area contributed by atoms with Crippen LogP contribution in [0.4, 0.5) is 4.79 Å². The number of nitrogens with one attached hydrogen (secondary N) is 1. The number of carbonyl (C=O) groups excluding carboxylic acids is 2. The van der Waals surface area contributed by atoms with E-state index in [0.717, 1.165) is 40.8 Å². The zero-order valence-corrected chi connectivity index (χ0v) is 19.7. The molecule has 3 aromatic rings. The van der Waals surface area contributed by atoms with Gasteiger partial charge in [-0.25, -0.2) is 4.79 Å². The van der Waals surface area contributed by atoms with Crippen LogP contribution in [0.3, 0.4) is 0 Å². The molecule has 1 aliphatic rings. The third-order valence-corrected chi connectivity index (χ3v) is 5.75. The summed E-state index contributed by atoms with van der Waals surface area (Å²) in [5.41, 5.74) is 2.67. The lowest BCUT2D eigenvalue weighted by Gasteiger charge is -2.32. The number of fused-ring (bicyclic) bond motifs is 1. The van der Waals surface area contributed by atoms with Crippen molar-refractivity contribution in [2.75, 3.05) is 19.6 Å². The molecule has 1 aliphatic heterocycles. The Hall–Kier alpha value is -3.35. The third kappa shape index (κ3) is 5.35. The minimum atomic E-state index is -0.486. The number of benzene rings is 1. The summed E-state index contributed by atoms with van der Waals surface area (Å²) in [6.07, 6.45) is 3.17. The molecule has 1 aromatic carbocycles. The molecule has 0 aliphatic carbocycles. The van der Waals surface area contributed by atoms with Gasteiger partial charge in [0.25, 0.3) is 5.91 Å². The number of pyridine rings is 1. The Kier molecular flexibility index (Phi) is 6.40. The zero-order valence-electron chi connectivity index (χ0n) is 19.7. The average molecular weight is 450 g/mol. The van der Waals surface area contributed by atoms with E-state index in [-0.39, 0.29) is 17.9 Å². The standard InChI is InChI=1S/C26H31N3O4/c1-5-27-24(30)19-8-6-17(7-9-19)21-14-20-15-22(32-23(20)16-28-21)18-10-12-29(13-11-18)25(31)33-26(2,3)4/h6-9,14-16,18H,5,10-13H2,1-4H3,(H,27,30). The highest BCUT2D eigenvalue weighted by Crippen LogP contribution is 2.33. The molecule has 1 saturated heterocycles. The first-order valence-electron chi connectivity index (χ1n) is 11.5. The maximum Gasteiger partial charge on any atom is 0.410 e. The van der Waals surface area contributed by atoms with Gasteiger partial charge < -0.3 is 19.4 Å². The lowest BCUT2D eigenvalue weighted by molar-refractivity contribution is 0.0200. The number of aromatic nitrogens is 1. The van der Waals surface area contributed by atoms with Crippen molar-refractivity contribution in [3.05, 3.63) is 53.9 Å². The summed E-state index contributed by atoms with van der Waals surface area (Å²) in [4.78, 5) is 30.6. The molecule has 4 rings (SSSR count). The highest BCUT2D eigenvalue weighted by molar-refractivity contribution is 5.94. The first kappa shape index (κ1) is 22.8. The summed E-state index contributed by atoms with van der Waals surface area (Å²) < 4.78 is 11.6. The molecule has 1 N–H and O–H groups in total. The van der Waals surface area contributed by atoms with Gasteiger partial charge in [-0.3, -0.25) is 9.78 Å². The second-order valence-corrected chi connectivity index (χ2v) is 9.43. The number of likely N-dealkylation sites (tertiary alicyclic amines) is 1. The second kappa shape index (κ2) is 9.25. The number of ether oxygens (including phenoxy) is 1. The van der Waals surface area contributed by atoms with Gasteiger partial charge in [-0.15, -0.1) is 0 Å². The molecule has 2 amide bonds. The molecule has 0 bridgehead atoms. The lowest BCUT2D eigenvalue weighted by Crippen LogP contribution is -2.41. The number of carbonyl (C=O) groups is 2. The van der Waals surface area contributed by atoms with Crippen molar-refractivity contribution in [3.63, 3.8) is 0 Å². The smallest absolute Gasteiger partial charge is 0.410 e. The molecule has 174 valence electrons. The molecule has 0 unspecified atom stereocenters. The Bertz CT molecular complexity index is 1140. The monoisotopic (exact) mass is 449 g/mol. The van der Waals surface area contributed by atoms with Crippen LogP contribution in [0, 0.1) is 0 Å². The molecule has 7 nitrogen and oxygen atoms in total. The minimum absolute atomic E-state index is 0.0790. The van der Waals surface area contributed by atoms with Crippen LogP contribution in [0.1, 0.15) is 62.6 Å². The summed E-state index contributed by atoms with van der Waals surface area (Å²) in [5.74, 6) is 1.11. The number of amides is 2. The number of furan rings is 1. The van der Waals surface area contributed by atoms with Gasteiger partial charge in [0.1, 0.15) is 11.4 Å². The molecular formula is C26H31N3O4. The molecule has 2 aromatic heterocycles. The fourth-order valence-corrected chi connectivity index (χ4v) is 4.05. The van der Waals surface area contributed by atoms with Crippen LogP contribution in [0.25, 0.3) is 22.2 Å². The van der Waals surface area contributed by atoms with Crippen molar-refractivity contribution in [1.29, 1.82) is 0 Å².